The molecule has 3 aromatic carbocycles. The molecule has 2 unspecified atom stereocenters. The third-order valence-electron chi connectivity index (χ3n) is 6.32. The van der Waals surface area contributed by atoms with Crippen LogP contribution in [0.4, 0.5) is 0 Å². The zero-order chi connectivity index (χ0) is 25.1. The van der Waals surface area contributed by atoms with Crippen LogP contribution in [0.1, 0.15) is 46.1 Å². The van der Waals surface area contributed by atoms with Gasteiger partial charge in [-0.2, -0.15) is 0 Å². The Kier molecular flexibility index (Phi) is 6.45. The molecule has 2 N–H and O–H groups in total. The Labute approximate surface area is 208 Å². The molecule has 1 aliphatic carbocycles. The molecule has 7 heteroatoms. The second kappa shape index (κ2) is 10.00. The van der Waals surface area contributed by atoms with Crippen LogP contribution in [0.5, 0.6) is 11.5 Å². The number of methoxy groups -OCH3 is 1. The second-order valence-corrected chi connectivity index (χ2v) is 8.62. The summed E-state index contributed by atoms with van der Waals surface area (Å²) < 4.78 is 5.16. The van der Waals surface area contributed by atoms with Crippen molar-refractivity contribution in [3.63, 3.8) is 0 Å². The molecule has 180 valence electrons. The third-order valence-corrected chi connectivity index (χ3v) is 6.32. The first-order valence-corrected chi connectivity index (χ1v) is 11.7. The van der Waals surface area contributed by atoms with Gasteiger partial charge in [-0.05, 0) is 49.2 Å². The number of ether oxygens (including phenoxy) is 1. The van der Waals surface area contributed by atoms with Gasteiger partial charge in [0, 0.05) is 22.3 Å². The number of aliphatic imine (C=N–C) groups is 2. The molecule has 1 aliphatic heterocycles. The molecule has 2 atom stereocenters. The van der Waals surface area contributed by atoms with Crippen molar-refractivity contribution < 1.29 is 19.4 Å². The van der Waals surface area contributed by atoms with Crippen LogP contribution in [-0.4, -0.2) is 35.5 Å². The molecule has 7 nitrogen and oxygen atoms in total. The largest absolute Gasteiger partial charge is 0.508 e. The molecule has 0 spiro atoms. The highest BCUT2D eigenvalue weighted by atomic mass is 16.5. The van der Waals surface area contributed by atoms with Gasteiger partial charge in [-0.15, -0.1) is 0 Å². The first-order chi connectivity index (χ1) is 17.5. The number of phenolic OH excluding ortho intramolecular Hbond substituents is 1. The van der Waals surface area contributed by atoms with Gasteiger partial charge in [0.1, 0.15) is 23.2 Å². The number of amidine groups is 2. The van der Waals surface area contributed by atoms with Gasteiger partial charge in [0.2, 0.25) is 0 Å². The number of rotatable bonds is 6. The van der Waals surface area contributed by atoms with Crippen LogP contribution in [0.3, 0.4) is 0 Å². The summed E-state index contributed by atoms with van der Waals surface area (Å²) in [6.45, 7) is 0. The van der Waals surface area contributed by atoms with E-state index in [4.69, 9.17) is 14.7 Å². The number of hydrogen-bond acceptors (Lipinski definition) is 7. The van der Waals surface area contributed by atoms with Crippen LogP contribution in [0.25, 0.3) is 0 Å². The number of carbonyl (C=O) groups is 2. The molecule has 36 heavy (non-hydrogen) atoms. The van der Waals surface area contributed by atoms with Crippen molar-refractivity contribution in [2.45, 2.75) is 19.0 Å². The maximum atomic E-state index is 12.9. The first-order valence-electron chi connectivity index (χ1n) is 11.7. The van der Waals surface area contributed by atoms with Gasteiger partial charge in [0.05, 0.1) is 13.0 Å². The van der Waals surface area contributed by atoms with Crippen molar-refractivity contribution in [3.05, 3.63) is 107 Å². The quantitative estimate of drug-likeness (QED) is 0.503. The van der Waals surface area contributed by atoms with E-state index in [0.29, 0.717) is 40.5 Å². The van der Waals surface area contributed by atoms with Crippen LogP contribution in [0.15, 0.2) is 94.9 Å². The smallest absolute Gasteiger partial charge is 0.193 e. The third kappa shape index (κ3) is 4.68. The molecule has 0 fully saturated rings. The normalized spacial score (nSPS) is 19.2. The van der Waals surface area contributed by atoms with E-state index in [1.54, 1.807) is 67.8 Å². The average Bonchev–Trinajstić information content (AvgIpc) is 2.93. The molecule has 0 radical (unpaired) electrons. The molecule has 0 saturated carbocycles. The van der Waals surface area contributed by atoms with E-state index in [9.17, 15) is 14.7 Å². The van der Waals surface area contributed by atoms with E-state index < -0.39 is 12.1 Å². The fourth-order valence-electron chi connectivity index (χ4n) is 4.32. The SMILES string of the molecule is COc1ccc(C(=O)c2ccc(C3=NC(c4ccccc4O)N=C(C4CCC=CC4=O)N3)cc2)cc1. The first kappa shape index (κ1) is 23.2. The highest BCUT2D eigenvalue weighted by Gasteiger charge is 2.30. The summed E-state index contributed by atoms with van der Waals surface area (Å²) in [7, 11) is 1.58. The summed E-state index contributed by atoms with van der Waals surface area (Å²) in [5, 5.41) is 13.7. The summed E-state index contributed by atoms with van der Waals surface area (Å²) in [6.07, 6.45) is 4.20. The van der Waals surface area contributed by atoms with Crippen molar-refractivity contribution in [1.82, 2.24) is 5.32 Å². The van der Waals surface area contributed by atoms with E-state index in [2.05, 4.69) is 5.32 Å². The van der Waals surface area contributed by atoms with Crippen LogP contribution < -0.4 is 10.1 Å². The topological polar surface area (TPSA) is 100 Å². The van der Waals surface area contributed by atoms with Crippen molar-refractivity contribution >= 4 is 23.2 Å². The van der Waals surface area contributed by atoms with Crippen LogP contribution in [-0.2, 0) is 4.79 Å². The van der Waals surface area contributed by atoms with Gasteiger partial charge in [-0.1, -0.05) is 48.5 Å². The lowest BCUT2D eigenvalue weighted by molar-refractivity contribution is -0.116. The number of allylic oxidation sites excluding steroid dienone is 2. The van der Waals surface area contributed by atoms with Gasteiger partial charge in [0.15, 0.2) is 17.7 Å². The lowest BCUT2D eigenvalue weighted by Gasteiger charge is -2.27. The molecular weight excluding hydrogens is 454 g/mol. The summed E-state index contributed by atoms with van der Waals surface area (Å²) in [5.41, 5.74) is 2.40. The van der Waals surface area contributed by atoms with Crippen molar-refractivity contribution in [1.29, 1.82) is 0 Å². The Morgan fingerprint density at radius 2 is 1.67 bits per heavy atom. The molecule has 0 amide bonds. The molecule has 0 aromatic heterocycles. The molecule has 1 heterocycles. The predicted molar refractivity (Wildman–Crippen MR) is 138 cm³/mol. The zero-order valence-corrected chi connectivity index (χ0v) is 19.7. The van der Waals surface area contributed by atoms with Crippen LogP contribution in [0.2, 0.25) is 0 Å². The van der Waals surface area contributed by atoms with E-state index in [1.807, 2.05) is 24.3 Å². The predicted octanol–water partition coefficient (Wildman–Crippen LogP) is 4.61. The Hall–Kier alpha value is -4.52. The maximum Gasteiger partial charge on any atom is 0.193 e. The number of aromatic hydroxyl groups is 1. The van der Waals surface area contributed by atoms with Gasteiger partial charge >= 0.3 is 0 Å². The summed E-state index contributed by atoms with van der Waals surface area (Å²) in [4.78, 5) is 35.0. The summed E-state index contributed by atoms with van der Waals surface area (Å²) in [5.74, 6) is 1.32. The minimum atomic E-state index is -0.697. The molecule has 0 bridgehead atoms. The van der Waals surface area contributed by atoms with Crippen molar-refractivity contribution in [3.8, 4) is 11.5 Å². The molecular formula is C29H25N3O4. The Bertz CT molecular complexity index is 1390. The lowest BCUT2D eigenvalue weighted by Crippen LogP contribution is -2.42. The summed E-state index contributed by atoms with van der Waals surface area (Å²) in [6, 6.07) is 21.0. The lowest BCUT2D eigenvalue weighted by atomic mass is 9.91. The molecule has 0 saturated heterocycles. The molecule has 5 rings (SSSR count). The Morgan fingerprint density at radius 1 is 0.972 bits per heavy atom. The Morgan fingerprint density at radius 3 is 2.33 bits per heavy atom. The minimum absolute atomic E-state index is 0.00906. The van der Waals surface area contributed by atoms with E-state index in [1.165, 1.54) is 0 Å². The monoisotopic (exact) mass is 479 g/mol. The number of benzene rings is 3. The maximum absolute atomic E-state index is 12.9. The number of hydrogen-bond donors (Lipinski definition) is 2. The van der Waals surface area contributed by atoms with E-state index in [0.717, 1.165) is 12.0 Å². The van der Waals surface area contributed by atoms with Gasteiger partial charge in [-0.25, -0.2) is 9.98 Å². The number of nitrogens with zero attached hydrogens (tertiary/aromatic N) is 2. The highest BCUT2D eigenvalue weighted by Crippen LogP contribution is 2.31. The number of para-hydroxylation sites is 1. The second-order valence-electron chi connectivity index (χ2n) is 8.62. The van der Waals surface area contributed by atoms with Crippen LogP contribution >= 0.6 is 0 Å². The number of carbonyl (C=O) groups excluding carboxylic acids is 2. The van der Waals surface area contributed by atoms with Gasteiger partial charge in [-0.3, -0.25) is 9.59 Å². The van der Waals surface area contributed by atoms with Crippen molar-refractivity contribution in [2.24, 2.45) is 15.9 Å². The fourth-order valence-corrected chi connectivity index (χ4v) is 4.32. The number of ketones is 2. The van der Waals surface area contributed by atoms with Crippen molar-refractivity contribution in [2.75, 3.05) is 7.11 Å². The zero-order valence-electron chi connectivity index (χ0n) is 19.7. The van der Waals surface area contributed by atoms with E-state index in [-0.39, 0.29) is 17.3 Å². The van der Waals surface area contributed by atoms with E-state index >= 15 is 0 Å². The molecule has 3 aromatic rings. The van der Waals surface area contributed by atoms with Gasteiger partial charge in [0.25, 0.3) is 0 Å². The van der Waals surface area contributed by atoms with Gasteiger partial charge < -0.3 is 15.2 Å². The standard InChI is InChI=1S/C29H25N3O4/c1-36-21-16-14-19(15-17-21)26(35)18-10-12-20(13-11-18)27-30-28(22-6-2-4-8-24(22)33)32-29(31-27)23-7-3-5-9-25(23)34/h2,4-6,8-17,23,28,33H,3,7H2,1H3,(H,30,31,32). The fraction of sp³-hybridized carbons (Fsp3) is 0.172. The Balaban J connectivity index is 1.45. The molecule has 2 aliphatic rings. The minimum Gasteiger partial charge on any atom is -0.508 e. The summed E-state index contributed by atoms with van der Waals surface area (Å²) >= 11 is 0. The number of nitrogens with one attached hydrogen (secondary N) is 1. The average molecular weight is 480 g/mol. The highest BCUT2D eigenvalue weighted by molar-refractivity contribution is 6.18. The number of phenols is 1. The van der Waals surface area contributed by atoms with Crippen LogP contribution in [0, 0.1) is 5.92 Å².